The van der Waals surface area contributed by atoms with Crippen LogP contribution in [0, 0.1) is 0 Å². The lowest BCUT2D eigenvalue weighted by Gasteiger charge is -2.14. The van der Waals surface area contributed by atoms with Crippen molar-refractivity contribution >= 4 is 28.3 Å². The third kappa shape index (κ3) is 2.02. The zero-order chi connectivity index (χ0) is 14.3. The number of halogens is 1. The molecule has 20 heavy (non-hydrogen) atoms. The first-order valence-electron chi connectivity index (χ1n) is 6.45. The lowest BCUT2D eigenvalue weighted by molar-refractivity contribution is 0.624. The zero-order valence-electron chi connectivity index (χ0n) is 11.3. The van der Waals surface area contributed by atoms with Gasteiger partial charge in [0.05, 0.1) is 11.7 Å². The molecule has 3 aromatic rings. The first-order chi connectivity index (χ1) is 9.58. The summed E-state index contributed by atoms with van der Waals surface area (Å²) in [4.78, 5) is 8.80. The predicted octanol–water partition coefficient (Wildman–Crippen LogP) is 3.91. The summed E-state index contributed by atoms with van der Waals surface area (Å²) in [5, 5.41) is 0.625. The number of pyridine rings is 1. The standard InChI is InChI=1S/C15H15ClN4/c1-9(2)20-14-5-6-18-8-13(14)19-15(20)11-4-3-10(16)7-12(11)17/h3-9H,17H2,1-2H3. The minimum atomic E-state index is 0.271. The van der Waals surface area contributed by atoms with Crippen molar-refractivity contribution in [1.29, 1.82) is 0 Å². The van der Waals surface area contributed by atoms with Gasteiger partial charge in [-0.15, -0.1) is 0 Å². The Morgan fingerprint density at radius 2 is 2.05 bits per heavy atom. The van der Waals surface area contributed by atoms with Gasteiger partial charge >= 0.3 is 0 Å². The molecule has 0 radical (unpaired) electrons. The van der Waals surface area contributed by atoms with Gasteiger partial charge in [-0.1, -0.05) is 11.6 Å². The van der Waals surface area contributed by atoms with Crippen LogP contribution in [-0.2, 0) is 0 Å². The molecule has 0 saturated carbocycles. The smallest absolute Gasteiger partial charge is 0.143 e. The first-order valence-corrected chi connectivity index (χ1v) is 6.83. The van der Waals surface area contributed by atoms with Gasteiger partial charge in [0.2, 0.25) is 0 Å². The van der Waals surface area contributed by atoms with E-state index in [2.05, 4.69) is 28.4 Å². The van der Waals surface area contributed by atoms with Crippen LogP contribution in [0.2, 0.25) is 5.02 Å². The minimum Gasteiger partial charge on any atom is -0.398 e. The van der Waals surface area contributed by atoms with Crippen LogP contribution in [-0.4, -0.2) is 14.5 Å². The topological polar surface area (TPSA) is 56.7 Å². The van der Waals surface area contributed by atoms with Crippen LogP contribution in [0.25, 0.3) is 22.4 Å². The second-order valence-electron chi connectivity index (χ2n) is 5.00. The summed E-state index contributed by atoms with van der Waals surface area (Å²) in [7, 11) is 0. The van der Waals surface area contributed by atoms with E-state index in [0.29, 0.717) is 10.7 Å². The minimum absolute atomic E-state index is 0.271. The van der Waals surface area contributed by atoms with E-state index in [0.717, 1.165) is 22.4 Å². The molecule has 0 saturated heterocycles. The van der Waals surface area contributed by atoms with E-state index in [1.54, 1.807) is 18.5 Å². The quantitative estimate of drug-likeness (QED) is 0.727. The van der Waals surface area contributed by atoms with Crippen LogP contribution in [0.4, 0.5) is 5.69 Å². The van der Waals surface area contributed by atoms with Gasteiger partial charge in [0.1, 0.15) is 11.3 Å². The summed E-state index contributed by atoms with van der Waals surface area (Å²) < 4.78 is 2.16. The van der Waals surface area contributed by atoms with Gasteiger partial charge < -0.3 is 10.3 Å². The highest BCUT2D eigenvalue weighted by molar-refractivity contribution is 6.31. The van der Waals surface area contributed by atoms with Crippen molar-refractivity contribution in [2.24, 2.45) is 0 Å². The van der Waals surface area contributed by atoms with Crippen LogP contribution in [0.3, 0.4) is 0 Å². The average Bonchev–Trinajstić information content (AvgIpc) is 2.77. The van der Waals surface area contributed by atoms with Crippen molar-refractivity contribution in [3.8, 4) is 11.4 Å². The van der Waals surface area contributed by atoms with Crippen LogP contribution >= 0.6 is 11.6 Å². The molecular weight excluding hydrogens is 272 g/mol. The van der Waals surface area contributed by atoms with E-state index in [1.165, 1.54) is 0 Å². The van der Waals surface area contributed by atoms with E-state index >= 15 is 0 Å². The summed E-state index contributed by atoms with van der Waals surface area (Å²) >= 11 is 5.97. The Bertz CT molecular complexity index is 777. The van der Waals surface area contributed by atoms with Crippen molar-refractivity contribution < 1.29 is 0 Å². The molecule has 2 heterocycles. The number of nitrogens with two attached hydrogens (primary N) is 1. The van der Waals surface area contributed by atoms with Gasteiger partial charge in [-0.3, -0.25) is 4.98 Å². The molecule has 0 spiro atoms. The molecule has 2 aromatic heterocycles. The molecule has 0 atom stereocenters. The lowest BCUT2D eigenvalue weighted by Crippen LogP contribution is -2.04. The Morgan fingerprint density at radius 3 is 2.75 bits per heavy atom. The van der Waals surface area contributed by atoms with Gasteiger partial charge in [0, 0.05) is 28.5 Å². The summed E-state index contributed by atoms with van der Waals surface area (Å²) in [5.41, 5.74) is 9.53. The number of imidazole rings is 1. The van der Waals surface area contributed by atoms with Gasteiger partial charge in [-0.05, 0) is 38.1 Å². The lowest BCUT2D eigenvalue weighted by atomic mass is 10.1. The van der Waals surface area contributed by atoms with Crippen LogP contribution in [0.5, 0.6) is 0 Å². The third-order valence-corrected chi connectivity index (χ3v) is 3.50. The molecule has 0 fully saturated rings. The van der Waals surface area contributed by atoms with E-state index in [9.17, 15) is 0 Å². The maximum Gasteiger partial charge on any atom is 0.143 e. The summed E-state index contributed by atoms with van der Waals surface area (Å²) in [6.07, 6.45) is 3.54. The molecule has 0 amide bonds. The number of fused-ring (bicyclic) bond motifs is 1. The van der Waals surface area contributed by atoms with E-state index < -0.39 is 0 Å². The molecule has 0 aliphatic carbocycles. The fourth-order valence-corrected chi connectivity index (χ4v) is 2.58. The normalized spacial score (nSPS) is 11.4. The fourth-order valence-electron chi connectivity index (χ4n) is 2.40. The Labute approximate surface area is 122 Å². The highest BCUT2D eigenvalue weighted by Crippen LogP contribution is 2.32. The third-order valence-electron chi connectivity index (χ3n) is 3.26. The average molecular weight is 287 g/mol. The number of rotatable bonds is 2. The number of aromatic nitrogens is 3. The SMILES string of the molecule is CC(C)n1c(-c2ccc(Cl)cc2N)nc2cnccc21. The number of benzene rings is 1. The molecule has 102 valence electrons. The fraction of sp³-hybridized carbons (Fsp3) is 0.200. The molecule has 0 aliphatic heterocycles. The van der Waals surface area contributed by atoms with Gasteiger partial charge in [-0.2, -0.15) is 0 Å². The second-order valence-corrected chi connectivity index (χ2v) is 5.43. The first kappa shape index (κ1) is 12.9. The molecule has 0 aliphatic rings. The van der Waals surface area contributed by atoms with Crippen LogP contribution in [0.15, 0.2) is 36.7 Å². The van der Waals surface area contributed by atoms with Crippen molar-refractivity contribution in [3.63, 3.8) is 0 Å². The largest absolute Gasteiger partial charge is 0.398 e. The van der Waals surface area contributed by atoms with E-state index in [-0.39, 0.29) is 6.04 Å². The number of hydrogen-bond acceptors (Lipinski definition) is 3. The van der Waals surface area contributed by atoms with E-state index in [4.69, 9.17) is 17.3 Å². The Morgan fingerprint density at radius 1 is 1.25 bits per heavy atom. The number of hydrogen-bond donors (Lipinski definition) is 1. The number of anilines is 1. The molecule has 4 nitrogen and oxygen atoms in total. The highest BCUT2D eigenvalue weighted by Gasteiger charge is 2.16. The Hall–Kier alpha value is -2.07. The summed E-state index contributed by atoms with van der Waals surface area (Å²) in [6.45, 7) is 4.24. The monoisotopic (exact) mass is 286 g/mol. The molecule has 3 rings (SSSR count). The molecule has 0 bridgehead atoms. The molecular formula is C15H15ClN4. The van der Waals surface area contributed by atoms with Crippen molar-refractivity contribution in [1.82, 2.24) is 14.5 Å². The molecule has 5 heteroatoms. The van der Waals surface area contributed by atoms with E-state index in [1.807, 2.05) is 18.2 Å². The number of nitrogens with zero attached hydrogens (tertiary/aromatic N) is 3. The Kier molecular flexibility index (Phi) is 3.10. The Balaban J connectivity index is 2.32. The summed E-state index contributed by atoms with van der Waals surface area (Å²) in [5.74, 6) is 0.845. The molecule has 1 aromatic carbocycles. The van der Waals surface area contributed by atoms with Gasteiger partial charge in [0.15, 0.2) is 0 Å². The molecule has 0 unspecified atom stereocenters. The van der Waals surface area contributed by atoms with Crippen molar-refractivity contribution in [2.45, 2.75) is 19.9 Å². The maximum atomic E-state index is 6.09. The van der Waals surface area contributed by atoms with Crippen LogP contribution in [0.1, 0.15) is 19.9 Å². The van der Waals surface area contributed by atoms with Crippen LogP contribution < -0.4 is 5.73 Å². The predicted molar refractivity (Wildman–Crippen MR) is 82.8 cm³/mol. The number of nitrogen functional groups attached to an aromatic ring is 1. The maximum absolute atomic E-state index is 6.09. The van der Waals surface area contributed by atoms with Gasteiger partial charge in [-0.25, -0.2) is 4.98 Å². The van der Waals surface area contributed by atoms with Gasteiger partial charge in [0.25, 0.3) is 0 Å². The van der Waals surface area contributed by atoms with Crippen molar-refractivity contribution in [2.75, 3.05) is 5.73 Å². The zero-order valence-corrected chi connectivity index (χ0v) is 12.1. The molecule has 2 N–H and O–H groups in total. The highest BCUT2D eigenvalue weighted by atomic mass is 35.5. The van der Waals surface area contributed by atoms with Crippen molar-refractivity contribution in [3.05, 3.63) is 41.7 Å². The summed E-state index contributed by atoms with van der Waals surface area (Å²) in [6, 6.07) is 7.73. The second kappa shape index (κ2) is 4.80.